The molecule has 1 aromatic rings. The van der Waals surface area contributed by atoms with Crippen LogP contribution >= 0.6 is 0 Å². The van der Waals surface area contributed by atoms with Crippen LogP contribution in [-0.4, -0.2) is 15.0 Å². The van der Waals surface area contributed by atoms with Crippen LogP contribution in [0, 0.1) is 0 Å². The Morgan fingerprint density at radius 3 is 2.15 bits per heavy atom. The Morgan fingerprint density at radius 2 is 1.77 bits per heavy atom. The van der Waals surface area contributed by atoms with E-state index in [1.54, 1.807) is 37.3 Å². The molecule has 1 rings (SSSR count). The third-order valence-corrected chi connectivity index (χ3v) is 2.61. The van der Waals surface area contributed by atoms with Gasteiger partial charge in [0.1, 0.15) is 0 Å². The Kier molecular flexibility index (Phi) is 2.90. The molecule has 4 nitrogen and oxygen atoms in total. The fourth-order valence-electron chi connectivity index (χ4n) is 1.06. The van der Waals surface area contributed by atoms with E-state index in [1.807, 2.05) is 0 Å². The van der Waals surface area contributed by atoms with Gasteiger partial charge in [0.15, 0.2) is 0 Å². The molecular formula is C8H10NO3S. The van der Waals surface area contributed by atoms with Crippen LogP contribution in [0.4, 0.5) is 5.69 Å². The zero-order valence-corrected chi connectivity index (χ0v) is 7.99. The molecule has 1 radical (unpaired) electrons. The fourth-order valence-corrected chi connectivity index (χ4v) is 1.76. The Hall–Kier alpha value is -1.07. The van der Waals surface area contributed by atoms with Crippen molar-refractivity contribution in [1.29, 1.82) is 0 Å². The summed E-state index contributed by atoms with van der Waals surface area (Å²) < 4.78 is 33.0. The zero-order chi connectivity index (χ0) is 9.90. The summed E-state index contributed by atoms with van der Waals surface area (Å²) in [6, 6.07) is 8.29. The van der Waals surface area contributed by atoms with Gasteiger partial charge in [-0.3, -0.25) is 0 Å². The summed E-state index contributed by atoms with van der Waals surface area (Å²) in [6.45, 7) is 1.76. The van der Waals surface area contributed by atoms with E-state index < -0.39 is 10.3 Å². The van der Waals surface area contributed by atoms with E-state index in [1.165, 1.54) is 0 Å². The van der Waals surface area contributed by atoms with E-state index in [2.05, 4.69) is 0 Å². The lowest BCUT2D eigenvalue weighted by atomic mass is 10.3. The van der Waals surface area contributed by atoms with Gasteiger partial charge >= 0.3 is 10.3 Å². The molecule has 1 aromatic carbocycles. The van der Waals surface area contributed by atoms with Gasteiger partial charge in [0, 0.05) is 6.54 Å². The van der Waals surface area contributed by atoms with E-state index in [0.29, 0.717) is 5.69 Å². The van der Waals surface area contributed by atoms with E-state index in [-0.39, 0.29) is 6.54 Å². The van der Waals surface area contributed by atoms with Gasteiger partial charge in [-0.2, -0.15) is 8.42 Å². The molecule has 0 spiro atoms. The van der Waals surface area contributed by atoms with E-state index in [4.69, 9.17) is 0 Å². The molecule has 0 fully saturated rings. The maximum atomic E-state index is 10.7. The molecule has 13 heavy (non-hydrogen) atoms. The number of para-hydroxylation sites is 1. The number of hydrogen-bond donors (Lipinski definition) is 0. The number of nitrogens with zero attached hydrogens (tertiary/aromatic N) is 1. The molecule has 0 saturated carbocycles. The lowest BCUT2D eigenvalue weighted by Gasteiger charge is -2.16. The van der Waals surface area contributed by atoms with E-state index >= 15 is 0 Å². The summed E-state index contributed by atoms with van der Waals surface area (Å²) in [5, 5.41) is 0. The predicted octanol–water partition coefficient (Wildman–Crippen LogP) is 1.19. The maximum absolute atomic E-state index is 10.7. The standard InChI is InChI=1S/C8H10NO3S/c1-2-9(13(10,11)12)8-6-4-3-5-7-8/h3-7H,2H2,1H3. The van der Waals surface area contributed by atoms with Crippen LogP contribution in [0.3, 0.4) is 0 Å². The number of rotatable bonds is 3. The minimum Gasteiger partial charge on any atom is -0.246 e. The van der Waals surface area contributed by atoms with Gasteiger partial charge in [-0.25, -0.2) is 4.31 Å². The molecule has 0 unspecified atom stereocenters. The topological polar surface area (TPSA) is 57.3 Å². The molecule has 0 aliphatic carbocycles. The molecule has 0 heterocycles. The highest BCUT2D eigenvalue weighted by molar-refractivity contribution is 7.87. The highest BCUT2D eigenvalue weighted by Gasteiger charge is 2.18. The van der Waals surface area contributed by atoms with Crippen LogP contribution < -0.4 is 4.31 Å². The van der Waals surface area contributed by atoms with Crippen molar-refractivity contribution in [1.82, 2.24) is 0 Å². The first-order valence-corrected chi connectivity index (χ1v) is 5.21. The summed E-state index contributed by atoms with van der Waals surface area (Å²) in [5.41, 5.74) is 0.403. The molecule has 0 aromatic heterocycles. The molecule has 5 heteroatoms. The highest BCUT2D eigenvalue weighted by Crippen LogP contribution is 2.15. The van der Waals surface area contributed by atoms with Crippen LogP contribution in [0.2, 0.25) is 0 Å². The van der Waals surface area contributed by atoms with Crippen molar-refractivity contribution in [2.45, 2.75) is 6.92 Å². The van der Waals surface area contributed by atoms with Gasteiger partial charge < -0.3 is 0 Å². The Balaban J connectivity index is 3.06. The molecule has 0 aliphatic heterocycles. The first-order valence-electron chi connectivity index (χ1n) is 3.84. The smallest absolute Gasteiger partial charge is 0.246 e. The second-order valence-corrected chi connectivity index (χ2v) is 3.75. The van der Waals surface area contributed by atoms with Crippen molar-refractivity contribution >= 4 is 16.0 Å². The SMILES string of the molecule is CCN(c1ccccc1)S([O])(=O)=O. The molecule has 0 N–H and O–H groups in total. The molecule has 71 valence electrons. The number of anilines is 1. The largest absolute Gasteiger partial charge is 0.390 e. The average Bonchev–Trinajstić information content (AvgIpc) is 2.05. The van der Waals surface area contributed by atoms with Crippen molar-refractivity contribution in [2.75, 3.05) is 10.8 Å². The van der Waals surface area contributed by atoms with Gasteiger partial charge in [0.2, 0.25) is 0 Å². The van der Waals surface area contributed by atoms with Crippen LogP contribution in [0.25, 0.3) is 0 Å². The third-order valence-electron chi connectivity index (χ3n) is 1.60. The second-order valence-electron chi connectivity index (χ2n) is 2.46. The minimum atomic E-state index is -4.38. The predicted molar refractivity (Wildman–Crippen MR) is 49.1 cm³/mol. The molecule has 0 aliphatic rings. The van der Waals surface area contributed by atoms with Gasteiger partial charge in [-0.1, -0.05) is 22.8 Å². The normalized spacial score (nSPS) is 11.2. The van der Waals surface area contributed by atoms with Crippen LogP contribution in [0.5, 0.6) is 0 Å². The summed E-state index contributed by atoms with van der Waals surface area (Å²) in [4.78, 5) is 0. The van der Waals surface area contributed by atoms with Crippen molar-refractivity contribution in [3.05, 3.63) is 30.3 Å². The van der Waals surface area contributed by atoms with Gasteiger partial charge in [-0.05, 0) is 19.1 Å². The van der Waals surface area contributed by atoms with Crippen molar-refractivity contribution in [2.24, 2.45) is 0 Å². The number of hydrogen-bond acceptors (Lipinski definition) is 2. The van der Waals surface area contributed by atoms with Crippen molar-refractivity contribution in [3.8, 4) is 0 Å². The molecule has 0 bridgehead atoms. The first kappa shape index (κ1) is 10.0. The maximum Gasteiger partial charge on any atom is 0.390 e. The van der Waals surface area contributed by atoms with Gasteiger partial charge in [-0.15, -0.1) is 0 Å². The Bertz CT molecular complexity index is 360. The molecule has 0 amide bonds. The van der Waals surface area contributed by atoms with E-state index in [0.717, 1.165) is 4.31 Å². The summed E-state index contributed by atoms with van der Waals surface area (Å²) in [6.07, 6.45) is 0. The fraction of sp³-hybridized carbons (Fsp3) is 0.250. The third kappa shape index (κ3) is 2.43. The minimum absolute atomic E-state index is 0.149. The van der Waals surface area contributed by atoms with Crippen LogP contribution in [-0.2, 0) is 14.9 Å². The van der Waals surface area contributed by atoms with Crippen molar-refractivity contribution in [3.63, 3.8) is 0 Å². The summed E-state index contributed by atoms with van der Waals surface area (Å²) in [5.74, 6) is 0. The van der Waals surface area contributed by atoms with Gasteiger partial charge in [0.25, 0.3) is 0 Å². The Labute approximate surface area is 77.7 Å². The first-order chi connectivity index (χ1) is 6.05. The Morgan fingerprint density at radius 1 is 1.23 bits per heavy atom. The molecular weight excluding hydrogens is 190 g/mol. The van der Waals surface area contributed by atoms with Crippen molar-refractivity contribution < 1.29 is 13.0 Å². The zero-order valence-electron chi connectivity index (χ0n) is 7.17. The quantitative estimate of drug-likeness (QED) is 0.735. The van der Waals surface area contributed by atoms with Crippen LogP contribution in [0.15, 0.2) is 30.3 Å². The average molecular weight is 200 g/mol. The monoisotopic (exact) mass is 200 g/mol. The molecule has 0 atom stereocenters. The molecule has 0 saturated heterocycles. The van der Waals surface area contributed by atoms with Gasteiger partial charge in [0.05, 0.1) is 5.69 Å². The number of benzene rings is 1. The second kappa shape index (κ2) is 3.76. The highest BCUT2D eigenvalue weighted by atomic mass is 32.2. The summed E-state index contributed by atoms with van der Waals surface area (Å²) in [7, 11) is -4.38. The van der Waals surface area contributed by atoms with E-state index in [9.17, 15) is 13.0 Å². The lowest BCUT2D eigenvalue weighted by molar-refractivity contribution is 0.411. The summed E-state index contributed by atoms with van der Waals surface area (Å²) >= 11 is 0. The lowest BCUT2D eigenvalue weighted by Crippen LogP contribution is -2.28. The van der Waals surface area contributed by atoms with Crippen LogP contribution in [0.1, 0.15) is 6.92 Å².